The molecule has 1 fully saturated rings. The molecule has 4 atom stereocenters. The third-order valence-electron chi connectivity index (χ3n) is 5.21. The van der Waals surface area contributed by atoms with Gasteiger partial charge in [-0.1, -0.05) is 12.1 Å². The van der Waals surface area contributed by atoms with Gasteiger partial charge in [0.2, 0.25) is 0 Å². The molecule has 0 unspecified atom stereocenters. The Kier molecular flexibility index (Phi) is 6.70. The van der Waals surface area contributed by atoms with E-state index in [4.69, 9.17) is 9.47 Å². The molecule has 2 aromatic rings. The molecule has 1 amide bonds. The van der Waals surface area contributed by atoms with Gasteiger partial charge in [0.15, 0.2) is 6.04 Å². The molecule has 30 heavy (non-hydrogen) atoms. The fourth-order valence-electron chi connectivity index (χ4n) is 3.46. The molecule has 3 rings (SSSR count). The van der Waals surface area contributed by atoms with Crippen LogP contribution in [-0.2, 0) is 16.0 Å². The molecule has 1 saturated heterocycles. The summed E-state index contributed by atoms with van der Waals surface area (Å²) < 4.78 is 12.1. The van der Waals surface area contributed by atoms with Gasteiger partial charge in [0.1, 0.15) is 18.1 Å². The van der Waals surface area contributed by atoms with Crippen molar-refractivity contribution in [1.82, 2.24) is 14.9 Å². The van der Waals surface area contributed by atoms with Crippen LogP contribution in [0.15, 0.2) is 40.1 Å². The number of aryl methyl sites for hydroxylation is 1. The molecule has 0 spiro atoms. The van der Waals surface area contributed by atoms with E-state index in [2.05, 4.69) is 16.0 Å². The zero-order valence-corrected chi connectivity index (χ0v) is 17.0. The van der Waals surface area contributed by atoms with Gasteiger partial charge in [-0.25, -0.2) is 4.79 Å². The summed E-state index contributed by atoms with van der Waals surface area (Å²) in [6.07, 6.45) is 0.747. The minimum atomic E-state index is -0.708. The van der Waals surface area contributed by atoms with E-state index in [0.717, 1.165) is 11.3 Å². The molecule has 1 aromatic carbocycles. The van der Waals surface area contributed by atoms with Crippen LogP contribution in [0.2, 0.25) is 0 Å². The molecule has 1 aromatic heterocycles. The Labute approximate surface area is 172 Å². The van der Waals surface area contributed by atoms with Gasteiger partial charge in [0, 0.05) is 24.6 Å². The number of quaternary nitrogens is 1. The number of aromatic nitrogens is 2. The maximum absolute atomic E-state index is 12.6. The maximum atomic E-state index is 12.6. The van der Waals surface area contributed by atoms with Gasteiger partial charge in [-0.3, -0.25) is 19.1 Å². The number of amides is 1. The first kappa shape index (κ1) is 21.8. The van der Waals surface area contributed by atoms with Crippen LogP contribution >= 0.6 is 0 Å². The van der Waals surface area contributed by atoms with Crippen molar-refractivity contribution in [2.75, 3.05) is 13.7 Å². The lowest BCUT2D eigenvalue weighted by atomic mass is 10.0. The summed E-state index contributed by atoms with van der Waals surface area (Å²) in [5, 5.41) is 12.5. The van der Waals surface area contributed by atoms with Crippen LogP contribution in [0.5, 0.6) is 5.75 Å². The van der Waals surface area contributed by atoms with E-state index in [9.17, 15) is 19.5 Å². The van der Waals surface area contributed by atoms with E-state index >= 15 is 0 Å². The number of nitrogens with zero attached hydrogens (tertiary/aromatic N) is 1. The Morgan fingerprint density at radius 2 is 2.10 bits per heavy atom. The topological polar surface area (TPSA) is 150 Å². The van der Waals surface area contributed by atoms with E-state index in [1.807, 2.05) is 24.3 Å². The molecule has 0 aliphatic carbocycles. The highest BCUT2D eigenvalue weighted by atomic mass is 16.5. The first-order valence-electron chi connectivity index (χ1n) is 9.67. The number of aliphatic hydroxyl groups excluding tert-OH is 1. The molecular weight excluding hydrogens is 392 g/mol. The van der Waals surface area contributed by atoms with E-state index in [1.165, 1.54) is 10.8 Å². The number of benzene rings is 1. The zero-order valence-electron chi connectivity index (χ0n) is 17.0. The summed E-state index contributed by atoms with van der Waals surface area (Å²) >= 11 is 0. The van der Waals surface area contributed by atoms with Crippen LogP contribution in [0, 0.1) is 6.92 Å². The van der Waals surface area contributed by atoms with Gasteiger partial charge in [-0.15, -0.1) is 0 Å². The fraction of sp³-hybridized carbons (Fsp3) is 0.450. The van der Waals surface area contributed by atoms with E-state index in [0.29, 0.717) is 12.0 Å². The lowest BCUT2D eigenvalue weighted by molar-refractivity contribution is -0.403. The first-order valence-corrected chi connectivity index (χ1v) is 9.67. The average molecular weight is 419 g/mol. The molecule has 0 saturated carbocycles. The van der Waals surface area contributed by atoms with Crippen molar-refractivity contribution in [2.24, 2.45) is 0 Å². The van der Waals surface area contributed by atoms with Gasteiger partial charge in [0.05, 0.1) is 19.8 Å². The lowest BCUT2D eigenvalue weighted by Crippen LogP contribution is -2.69. The smallest absolute Gasteiger partial charge is 0.330 e. The third-order valence-corrected chi connectivity index (χ3v) is 5.21. The standard InChI is InChI=1S/C20H26N4O6/c1-11-9-24(20(28)23-18(11)26)17-8-15(16(10-25)30-17)22-19(27)14(21)7-12-3-5-13(29-2)6-4-12/h3-6,9,14-17,25H,7-8,10,21H2,1-2H3,(H,22,27)(H,23,26,28)/p+1/t14-,15+,16-,17-/m0/s1. The summed E-state index contributed by atoms with van der Waals surface area (Å²) in [5.41, 5.74) is 4.18. The second kappa shape index (κ2) is 9.24. The van der Waals surface area contributed by atoms with E-state index in [1.54, 1.807) is 14.0 Å². The van der Waals surface area contributed by atoms with E-state index < -0.39 is 35.7 Å². The van der Waals surface area contributed by atoms with Gasteiger partial charge in [0.25, 0.3) is 11.5 Å². The molecule has 162 valence electrons. The number of H-pyrrole nitrogens is 1. The Hall–Kier alpha value is -2.95. The normalized spacial score (nSPS) is 21.9. The second-order valence-electron chi connectivity index (χ2n) is 7.39. The molecule has 10 heteroatoms. The van der Waals surface area contributed by atoms with E-state index in [-0.39, 0.29) is 18.9 Å². The quantitative estimate of drug-likeness (QED) is 0.428. The van der Waals surface area contributed by atoms with Crippen LogP contribution in [0.25, 0.3) is 0 Å². The minimum absolute atomic E-state index is 0.275. The average Bonchev–Trinajstić information content (AvgIpc) is 3.13. The van der Waals surface area contributed by atoms with Gasteiger partial charge < -0.3 is 25.6 Å². The zero-order chi connectivity index (χ0) is 21.8. The van der Waals surface area contributed by atoms with Gasteiger partial charge in [-0.2, -0.15) is 0 Å². The number of ether oxygens (including phenoxy) is 2. The molecule has 1 aliphatic heterocycles. The number of carbonyl (C=O) groups excluding carboxylic acids is 1. The highest BCUT2D eigenvalue weighted by molar-refractivity contribution is 5.80. The predicted molar refractivity (Wildman–Crippen MR) is 107 cm³/mol. The van der Waals surface area contributed by atoms with Crippen LogP contribution in [0.3, 0.4) is 0 Å². The Balaban J connectivity index is 1.66. The monoisotopic (exact) mass is 419 g/mol. The highest BCUT2D eigenvalue weighted by Gasteiger charge is 2.38. The van der Waals surface area contributed by atoms with Crippen LogP contribution in [0.4, 0.5) is 0 Å². The number of aliphatic hydroxyl groups is 1. The summed E-state index contributed by atoms with van der Waals surface area (Å²) in [5.74, 6) is 0.458. The maximum Gasteiger partial charge on any atom is 0.330 e. The van der Waals surface area contributed by atoms with Crippen molar-refractivity contribution in [2.45, 2.75) is 44.2 Å². The van der Waals surface area contributed by atoms with Gasteiger partial charge >= 0.3 is 5.69 Å². The Morgan fingerprint density at radius 3 is 2.73 bits per heavy atom. The van der Waals surface area contributed by atoms with Crippen molar-refractivity contribution in [1.29, 1.82) is 0 Å². The number of carbonyl (C=O) groups is 1. The third kappa shape index (κ3) is 4.78. The van der Waals surface area contributed by atoms with Crippen molar-refractivity contribution >= 4 is 5.91 Å². The van der Waals surface area contributed by atoms with Crippen LogP contribution in [0.1, 0.15) is 23.8 Å². The number of aromatic amines is 1. The highest BCUT2D eigenvalue weighted by Crippen LogP contribution is 2.27. The number of hydrogen-bond donors (Lipinski definition) is 4. The fourth-order valence-corrected chi connectivity index (χ4v) is 3.46. The number of rotatable bonds is 7. The molecular formula is C20H27N4O6+. The largest absolute Gasteiger partial charge is 0.497 e. The van der Waals surface area contributed by atoms with Crippen molar-refractivity contribution < 1.29 is 25.1 Å². The molecule has 0 bridgehead atoms. The van der Waals surface area contributed by atoms with Crippen molar-refractivity contribution in [3.8, 4) is 5.75 Å². The number of methoxy groups -OCH3 is 1. The second-order valence-corrected chi connectivity index (χ2v) is 7.39. The van der Waals surface area contributed by atoms with Crippen LogP contribution < -0.4 is 27.0 Å². The summed E-state index contributed by atoms with van der Waals surface area (Å²) in [4.78, 5) is 38.6. The molecule has 0 radical (unpaired) electrons. The number of nitrogens with one attached hydrogen (secondary N) is 2. The summed E-state index contributed by atoms with van der Waals surface area (Å²) in [6, 6.07) is 6.35. The van der Waals surface area contributed by atoms with Crippen molar-refractivity contribution in [3.05, 3.63) is 62.4 Å². The Morgan fingerprint density at radius 1 is 1.40 bits per heavy atom. The first-order chi connectivity index (χ1) is 14.3. The molecule has 6 N–H and O–H groups in total. The Bertz CT molecular complexity index is 1000. The van der Waals surface area contributed by atoms with Crippen LogP contribution in [-0.4, -0.2) is 52.5 Å². The van der Waals surface area contributed by atoms with Crippen molar-refractivity contribution in [3.63, 3.8) is 0 Å². The molecule has 2 heterocycles. The predicted octanol–water partition coefficient (Wildman–Crippen LogP) is -1.53. The number of hydrogen-bond acceptors (Lipinski definition) is 6. The van der Waals surface area contributed by atoms with Gasteiger partial charge in [-0.05, 0) is 24.6 Å². The minimum Gasteiger partial charge on any atom is -0.497 e. The molecule has 1 aliphatic rings. The lowest BCUT2D eigenvalue weighted by Gasteiger charge is -2.18. The molecule has 10 nitrogen and oxygen atoms in total. The summed E-state index contributed by atoms with van der Waals surface area (Å²) in [7, 11) is 1.59. The SMILES string of the molecule is COc1ccc(C[C@H]([NH3+])C(=O)N[C@@H]2C[C@@H](n3cc(C)c(=O)[nH]c3=O)O[C@H]2CO)cc1. The summed E-state index contributed by atoms with van der Waals surface area (Å²) in [6.45, 7) is 1.26.